The molecule has 0 bridgehead atoms. The van der Waals surface area contributed by atoms with Gasteiger partial charge in [0.1, 0.15) is 0 Å². The van der Waals surface area contributed by atoms with Crippen LogP contribution in [0.2, 0.25) is 5.02 Å². The minimum absolute atomic E-state index is 0.0104. The van der Waals surface area contributed by atoms with Gasteiger partial charge in [-0.3, -0.25) is 4.79 Å². The lowest BCUT2D eigenvalue weighted by atomic mass is 10.5. The fraction of sp³-hybridized carbons (Fsp3) is 0.600. The van der Waals surface area contributed by atoms with E-state index in [4.69, 9.17) is 16.1 Å². The highest BCUT2D eigenvalue weighted by Gasteiger charge is 2.20. The predicted octanol–water partition coefficient (Wildman–Crippen LogP) is 2.27. The number of halogens is 1. The van der Waals surface area contributed by atoms with E-state index < -0.39 is 11.6 Å². The van der Waals surface area contributed by atoms with Crippen LogP contribution in [-0.2, 0) is 5.75 Å². The van der Waals surface area contributed by atoms with Gasteiger partial charge in [-0.25, -0.2) is 4.79 Å². The smallest absolute Gasteiger partial charge is 0.360 e. The molecule has 7 heteroatoms. The summed E-state index contributed by atoms with van der Waals surface area (Å²) in [6, 6.07) is -0.538. The topological polar surface area (TPSA) is 55.5 Å². The molecule has 0 atom stereocenters. The van der Waals surface area contributed by atoms with Gasteiger partial charge in [-0.2, -0.15) is 11.8 Å². The van der Waals surface area contributed by atoms with E-state index in [-0.39, 0.29) is 5.02 Å². The van der Waals surface area contributed by atoms with E-state index in [2.05, 4.69) is 6.92 Å². The Morgan fingerprint density at radius 3 is 2.71 bits per heavy atom. The number of hydrogen-bond acceptors (Lipinski definition) is 4. The molecule has 0 radical (unpaired) electrons. The molecule has 0 saturated heterocycles. The van der Waals surface area contributed by atoms with E-state index >= 15 is 0 Å². The molecule has 5 nitrogen and oxygen atoms in total. The largest absolute Gasteiger partial charge is 0.369 e. The Balaban J connectivity index is 2.92. The average Bonchev–Trinajstić information content (AvgIpc) is 2.56. The average molecular weight is 279 g/mol. The summed E-state index contributed by atoms with van der Waals surface area (Å²) in [5, 5.41) is -0.0104. The maximum atomic E-state index is 11.6. The van der Waals surface area contributed by atoms with Gasteiger partial charge in [0.05, 0.1) is 5.75 Å². The Kier molecular flexibility index (Phi) is 5.14. The van der Waals surface area contributed by atoms with Crippen molar-refractivity contribution in [3.05, 3.63) is 21.1 Å². The van der Waals surface area contributed by atoms with Crippen LogP contribution in [0.1, 0.15) is 19.1 Å². The maximum Gasteiger partial charge on any atom is 0.360 e. The first-order valence-corrected chi connectivity index (χ1v) is 6.72. The van der Waals surface area contributed by atoms with Crippen LogP contribution in [-0.4, -0.2) is 35.5 Å². The Bertz CT molecular complexity index is 453. The molecule has 0 aliphatic heterocycles. The first-order chi connectivity index (χ1) is 7.99. The highest BCUT2D eigenvalue weighted by Crippen LogP contribution is 2.19. The van der Waals surface area contributed by atoms with Gasteiger partial charge < -0.3 is 9.42 Å². The molecular formula is C10H15ClN2O3S. The van der Waals surface area contributed by atoms with Crippen LogP contribution >= 0.6 is 23.4 Å². The van der Waals surface area contributed by atoms with E-state index in [0.717, 1.165) is 12.2 Å². The number of carbonyl (C=O) groups is 1. The third-order valence-electron chi connectivity index (χ3n) is 1.96. The van der Waals surface area contributed by atoms with E-state index in [1.165, 1.54) is 19.0 Å². The normalized spacial score (nSPS) is 10.6. The van der Waals surface area contributed by atoms with Crippen LogP contribution in [0.25, 0.3) is 0 Å². The summed E-state index contributed by atoms with van der Waals surface area (Å²) in [5.41, 5.74) is -0.600. The minimum atomic E-state index is -0.600. The van der Waals surface area contributed by atoms with Crippen molar-refractivity contribution in [1.82, 2.24) is 9.64 Å². The van der Waals surface area contributed by atoms with Crippen molar-refractivity contribution in [2.45, 2.75) is 19.1 Å². The van der Waals surface area contributed by atoms with Gasteiger partial charge in [-0.1, -0.05) is 23.3 Å². The molecule has 96 valence electrons. The van der Waals surface area contributed by atoms with Crippen LogP contribution in [0.15, 0.2) is 9.32 Å². The van der Waals surface area contributed by atoms with Crippen molar-refractivity contribution in [3.8, 4) is 0 Å². The predicted molar refractivity (Wildman–Crippen MR) is 68.9 cm³/mol. The fourth-order valence-electron chi connectivity index (χ4n) is 1.11. The van der Waals surface area contributed by atoms with E-state index in [1.807, 2.05) is 0 Å². The van der Waals surface area contributed by atoms with Gasteiger partial charge in [0.15, 0.2) is 10.8 Å². The second-order valence-electron chi connectivity index (χ2n) is 3.66. The second kappa shape index (κ2) is 6.16. The van der Waals surface area contributed by atoms with Gasteiger partial charge in [0.25, 0.3) is 0 Å². The molecule has 0 aliphatic carbocycles. The molecule has 0 fully saturated rings. The molecule has 0 unspecified atom stereocenters. The van der Waals surface area contributed by atoms with E-state index in [0.29, 0.717) is 16.3 Å². The number of rotatable bonds is 4. The van der Waals surface area contributed by atoms with Gasteiger partial charge in [0.2, 0.25) is 0 Å². The Morgan fingerprint density at radius 1 is 1.53 bits per heavy atom. The van der Waals surface area contributed by atoms with Crippen LogP contribution in [0.4, 0.5) is 4.79 Å². The summed E-state index contributed by atoms with van der Waals surface area (Å²) < 4.78 is 5.86. The summed E-state index contributed by atoms with van der Waals surface area (Å²) >= 11 is 7.44. The highest BCUT2D eigenvalue weighted by atomic mass is 35.5. The third kappa shape index (κ3) is 3.29. The fourth-order valence-corrected chi connectivity index (χ4v) is 2.18. The van der Waals surface area contributed by atoms with E-state index in [9.17, 15) is 9.59 Å². The standard InChI is InChI=1S/C10H15ClN2O3S/c1-4-5-17-6-7-8(11)9(14)13(16-7)10(15)12(2)3/h4-6H2,1-3H3. The number of thioether (sulfide) groups is 1. The Morgan fingerprint density at radius 2 is 2.18 bits per heavy atom. The van der Waals surface area contributed by atoms with Crippen molar-refractivity contribution in [3.63, 3.8) is 0 Å². The third-order valence-corrected chi connectivity index (χ3v) is 3.49. The number of amides is 1. The number of aromatic nitrogens is 1. The first-order valence-electron chi connectivity index (χ1n) is 5.19. The zero-order valence-electron chi connectivity index (χ0n) is 10.0. The van der Waals surface area contributed by atoms with Gasteiger partial charge in [-0.15, -0.1) is 0 Å². The SMILES string of the molecule is CCCSCc1on(C(=O)N(C)C)c(=O)c1Cl. The molecule has 17 heavy (non-hydrogen) atoms. The highest BCUT2D eigenvalue weighted by molar-refractivity contribution is 7.98. The number of hydrogen-bond donors (Lipinski definition) is 0. The van der Waals surface area contributed by atoms with Crippen molar-refractivity contribution in [2.24, 2.45) is 0 Å². The van der Waals surface area contributed by atoms with Crippen molar-refractivity contribution < 1.29 is 9.32 Å². The lowest BCUT2D eigenvalue weighted by Crippen LogP contribution is -2.33. The molecule has 0 aliphatic rings. The minimum Gasteiger partial charge on any atom is -0.369 e. The quantitative estimate of drug-likeness (QED) is 0.793. The second-order valence-corrected chi connectivity index (χ2v) is 5.14. The summed E-state index contributed by atoms with van der Waals surface area (Å²) in [4.78, 5) is 24.5. The molecule has 1 aromatic heterocycles. The van der Waals surface area contributed by atoms with Gasteiger partial charge in [-0.05, 0) is 12.2 Å². The van der Waals surface area contributed by atoms with Gasteiger partial charge in [0, 0.05) is 14.1 Å². The van der Waals surface area contributed by atoms with Crippen molar-refractivity contribution in [2.75, 3.05) is 19.8 Å². The zero-order valence-corrected chi connectivity index (χ0v) is 11.6. The molecule has 1 amide bonds. The Labute approximate surface area is 109 Å². The molecule has 0 spiro atoms. The van der Waals surface area contributed by atoms with E-state index in [1.54, 1.807) is 11.8 Å². The summed E-state index contributed by atoms with van der Waals surface area (Å²) in [7, 11) is 3.08. The summed E-state index contributed by atoms with van der Waals surface area (Å²) in [6.07, 6.45) is 1.03. The van der Waals surface area contributed by atoms with Crippen molar-refractivity contribution >= 4 is 29.4 Å². The molecule has 1 heterocycles. The molecular weight excluding hydrogens is 264 g/mol. The molecule has 1 aromatic rings. The number of nitrogens with zero attached hydrogens (tertiary/aromatic N) is 2. The lowest BCUT2D eigenvalue weighted by molar-refractivity contribution is 0.182. The number of carbonyl (C=O) groups excluding carboxylic acids is 1. The first kappa shape index (κ1) is 14.2. The van der Waals surface area contributed by atoms with Crippen LogP contribution in [0.3, 0.4) is 0 Å². The Hall–Kier alpha value is -0.880. The van der Waals surface area contributed by atoms with Crippen LogP contribution < -0.4 is 5.56 Å². The zero-order chi connectivity index (χ0) is 13.0. The van der Waals surface area contributed by atoms with Crippen LogP contribution in [0, 0.1) is 0 Å². The molecule has 1 rings (SSSR count). The summed E-state index contributed by atoms with van der Waals surface area (Å²) in [5.74, 6) is 1.80. The molecule has 0 aromatic carbocycles. The maximum absolute atomic E-state index is 11.6. The van der Waals surface area contributed by atoms with Gasteiger partial charge >= 0.3 is 11.6 Å². The monoisotopic (exact) mass is 278 g/mol. The van der Waals surface area contributed by atoms with Crippen molar-refractivity contribution in [1.29, 1.82) is 0 Å². The van der Waals surface area contributed by atoms with Crippen LogP contribution in [0.5, 0.6) is 0 Å². The lowest BCUT2D eigenvalue weighted by Gasteiger charge is -2.07. The summed E-state index contributed by atoms with van der Waals surface area (Å²) in [6.45, 7) is 2.06. The molecule has 0 N–H and O–H groups in total. The molecule has 0 saturated carbocycles.